The Morgan fingerprint density at radius 1 is 1.00 bits per heavy atom. The van der Waals surface area contributed by atoms with Gasteiger partial charge >= 0.3 is 18.2 Å². The summed E-state index contributed by atoms with van der Waals surface area (Å²) in [7, 11) is 0. The summed E-state index contributed by atoms with van der Waals surface area (Å²) in [5.74, 6) is -0.411. The fourth-order valence-corrected chi connectivity index (χ4v) is 2.25. The number of fused-ring (bicyclic) bond motifs is 1. The number of alkyl halides is 3. The molecule has 24 heavy (non-hydrogen) atoms. The predicted octanol–water partition coefficient (Wildman–Crippen LogP) is 4.02. The second-order valence-corrected chi connectivity index (χ2v) is 5.10. The van der Waals surface area contributed by atoms with Crippen LogP contribution in [0.15, 0.2) is 42.5 Å². The molecule has 0 saturated heterocycles. The molecule has 0 saturated carbocycles. The number of rotatable bonds is 2. The summed E-state index contributed by atoms with van der Waals surface area (Å²) in [6, 6.07) is 8.17. The molecule has 0 bridgehead atoms. The third kappa shape index (κ3) is 3.32. The number of ether oxygens (including phenoxy) is 1. The zero-order chi connectivity index (χ0) is 17.3. The second-order valence-electron chi connectivity index (χ2n) is 5.10. The van der Waals surface area contributed by atoms with Crippen LogP contribution in [0.2, 0.25) is 0 Å². The Balaban J connectivity index is 1.65. The minimum absolute atomic E-state index is 0.143. The Morgan fingerprint density at radius 2 is 1.62 bits per heavy atom. The van der Waals surface area contributed by atoms with E-state index in [1.807, 2.05) is 0 Å². The zero-order valence-electron chi connectivity index (χ0n) is 12.1. The van der Waals surface area contributed by atoms with Crippen LogP contribution < -0.4 is 10.6 Å². The Bertz CT molecular complexity index is 801. The second kappa shape index (κ2) is 5.88. The number of benzene rings is 2. The predicted molar refractivity (Wildman–Crippen MR) is 79.6 cm³/mol. The average Bonchev–Trinajstić information content (AvgIpc) is 2.87. The topological polar surface area (TPSA) is 67.4 Å². The van der Waals surface area contributed by atoms with E-state index in [0.717, 1.165) is 24.3 Å². The van der Waals surface area contributed by atoms with Crippen molar-refractivity contribution in [2.24, 2.45) is 0 Å². The van der Waals surface area contributed by atoms with Crippen molar-refractivity contribution in [3.63, 3.8) is 0 Å². The number of amides is 2. The van der Waals surface area contributed by atoms with Gasteiger partial charge in [-0.25, -0.2) is 9.59 Å². The van der Waals surface area contributed by atoms with Crippen molar-refractivity contribution in [3.8, 4) is 0 Å². The van der Waals surface area contributed by atoms with Crippen molar-refractivity contribution >= 4 is 23.4 Å². The Labute approximate surface area is 134 Å². The van der Waals surface area contributed by atoms with Crippen LogP contribution in [0.5, 0.6) is 0 Å². The molecule has 2 aromatic rings. The van der Waals surface area contributed by atoms with Crippen molar-refractivity contribution in [1.29, 1.82) is 0 Å². The smallest absolute Gasteiger partial charge is 0.416 e. The molecule has 124 valence electrons. The number of halogens is 3. The number of nitrogens with one attached hydrogen (secondary N) is 2. The van der Waals surface area contributed by atoms with Gasteiger partial charge in [0.15, 0.2) is 0 Å². The number of carbonyl (C=O) groups excluding carboxylic acids is 2. The third-order valence-electron chi connectivity index (χ3n) is 3.41. The first-order valence-electron chi connectivity index (χ1n) is 6.88. The number of anilines is 2. The van der Waals surface area contributed by atoms with E-state index in [9.17, 15) is 22.8 Å². The third-order valence-corrected chi connectivity index (χ3v) is 3.41. The maximum absolute atomic E-state index is 12.5. The van der Waals surface area contributed by atoms with E-state index in [4.69, 9.17) is 4.74 Å². The summed E-state index contributed by atoms with van der Waals surface area (Å²) in [6.45, 7) is 0.143. The number of hydrogen-bond donors (Lipinski definition) is 2. The number of urea groups is 1. The fraction of sp³-hybridized carbons (Fsp3) is 0.125. The summed E-state index contributed by atoms with van der Waals surface area (Å²) in [6.07, 6.45) is -4.43. The highest BCUT2D eigenvalue weighted by Crippen LogP contribution is 2.30. The van der Waals surface area contributed by atoms with Gasteiger partial charge in [0.1, 0.15) is 6.61 Å². The van der Waals surface area contributed by atoms with Crippen LogP contribution in [0, 0.1) is 0 Å². The highest BCUT2D eigenvalue weighted by atomic mass is 19.4. The van der Waals surface area contributed by atoms with Crippen LogP contribution in [-0.4, -0.2) is 12.0 Å². The lowest BCUT2D eigenvalue weighted by Gasteiger charge is -2.10. The van der Waals surface area contributed by atoms with Crippen LogP contribution >= 0.6 is 0 Å². The Morgan fingerprint density at radius 3 is 2.29 bits per heavy atom. The van der Waals surface area contributed by atoms with Crippen molar-refractivity contribution < 1.29 is 27.5 Å². The van der Waals surface area contributed by atoms with Gasteiger partial charge in [-0.2, -0.15) is 13.2 Å². The molecule has 0 aromatic heterocycles. The van der Waals surface area contributed by atoms with Gasteiger partial charge in [0, 0.05) is 16.9 Å². The number of carbonyl (C=O) groups is 2. The average molecular weight is 336 g/mol. The van der Waals surface area contributed by atoms with Gasteiger partial charge in [-0.1, -0.05) is 0 Å². The monoisotopic (exact) mass is 336 g/mol. The molecule has 0 radical (unpaired) electrons. The van der Waals surface area contributed by atoms with Crippen LogP contribution in [0.3, 0.4) is 0 Å². The molecule has 2 aromatic carbocycles. The number of hydrogen-bond acceptors (Lipinski definition) is 3. The minimum Gasteiger partial charge on any atom is -0.457 e. The van der Waals surface area contributed by atoms with Gasteiger partial charge in [0.05, 0.1) is 11.1 Å². The van der Waals surface area contributed by atoms with Crippen molar-refractivity contribution in [3.05, 3.63) is 59.2 Å². The fourth-order valence-electron chi connectivity index (χ4n) is 2.25. The summed E-state index contributed by atoms with van der Waals surface area (Å²) in [5, 5.41) is 4.97. The van der Waals surface area contributed by atoms with Gasteiger partial charge in [-0.05, 0) is 42.5 Å². The van der Waals surface area contributed by atoms with Crippen molar-refractivity contribution in [2.45, 2.75) is 12.8 Å². The van der Waals surface area contributed by atoms with E-state index in [0.29, 0.717) is 16.8 Å². The van der Waals surface area contributed by atoms with Gasteiger partial charge in [-0.3, -0.25) is 0 Å². The number of cyclic esters (lactones) is 1. The normalized spacial score (nSPS) is 13.2. The standard InChI is InChI=1S/C16H11F3N2O3/c17-16(18,19)10-1-3-11(4-2-10)20-15(23)21-12-5-6-13-9(7-12)8-24-14(13)22/h1-7H,8H2,(H2,20,21,23). The molecule has 0 atom stereocenters. The maximum Gasteiger partial charge on any atom is 0.416 e. The van der Waals surface area contributed by atoms with E-state index < -0.39 is 23.7 Å². The van der Waals surface area contributed by atoms with Crippen LogP contribution in [0.25, 0.3) is 0 Å². The SMILES string of the molecule is O=C(Nc1ccc(C(F)(F)F)cc1)Nc1ccc2c(c1)COC2=O. The van der Waals surface area contributed by atoms with Gasteiger partial charge in [-0.15, -0.1) is 0 Å². The Hall–Kier alpha value is -3.03. The van der Waals surface area contributed by atoms with Crippen LogP contribution in [0.4, 0.5) is 29.3 Å². The van der Waals surface area contributed by atoms with Crippen LogP contribution in [-0.2, 0) is 17.5 Å². The first kappa shape index (κ1) is 15.9. The molecule has 0 fully saturated rings. The largest absolute Gasteiger partial charge is 0.457 e. The summed E-state index contributed by atoms with van der Waals surface area (Å²) >= 11 is 0. The van der Waals surface area contributed by atoms with E-state index in [-0.39, 0.29) is 12.3 Å². The first-order chi connectivity index (χ1) is 11.3. The summed E-state index contributed by atoms with van der Waals surface area (Å²) in [4.78, 5) is 23.2. The highest BCUT2D eigenvalue weighted by molar-refractivity contribution is 6.00. The van der Waals surface area contributed by atoms with E-state index in [1.165, 1.54) is 6.07 Å². The molecule has 0 aliphatic carbocycles. The van der Waals surface area contributed by atoms with Crippen LogP contribution in [0.1, 0.15) is 21.5 Å². The summed E-state index contributed by atoms with van der Waals surface area (Å²) < 4.78 is 42.3. The highest BCUT2D eigenvalue weighted by Gasteiger charge is 2.30. The molecule has 2 amide bonds. The quantitative estimate of drug-likeness (QED) is 0.814. The molecule has 5 nitrogen and oxygen atoms in total. The summed E-state index contributed by atoms with van der Waals surface area (Å²) in [5.41, 5.74) is 0.976. The number of esters is 1. The van der Waals surface area contributed by atoms with Crippen molar-refractivity contribution in [1.82, 2.24) is 0 Å². The van der Waals surface area contributed by atoms with Gasteiger partial charge in [0.2, 0.25) is 0 Å². The minimum atomic E-state index is -4.43. The lowest BCUT2D eigenvalue weighted by Crippen LogP contribution is -2.19. The molecule has 3 rings (SSSR count). The van der Waals surface area contributed by atoms with Crippen molar-refractivity contribution in [2.75, 3.05) is 10.6 Å². The molecule has 0 spiro atoms. The molecule has 8 heteroatoms. The van der Waals surface area contributed by atoms with E-state index in [1.54, 1.807) is 12.1 Å². The molecule has 1 aliphatic rings. The molecule has 1 aliphatic heterocycles. The molecule has 0 unspecified atom stereocenters. The zero-order valence-corrected chi connectivity index (χ0v) is 12.1. The first-order valence-corrected chi connectivity index (χ1v) is 6.88. The van der Waals surface area contributed by atoms with Gasteiger partial charge in [0.25, 0.3) is 0 Å². The molecular weight excluding hydrogens is 325 g/mol. The van der Waals surface area contributed by atoms with E-state index >= 15 is 0 Å². The molecule has 2 N–H and O–H groups in total. The van der Waals surface area contributed by atoms with E-state index in [2.05, 4.69) is 10.6 Å². The molecule has 1 heterocycles. The Kier molecular flexibility index (Phi) is 3.88. The van der Waals surface area contributed by atoms with Gasteiger partial charge < -0.3 is 15.4 Å². The maximum atomic E-state index is 12.5. The lowest BCUT2D eigenvalue weighted by molar-refractivity contribution is -0.137. The molecular formula is C16H11F3N2O3. The lowest BCUT2D eigenvalue weighted by atomic mass is 10.1.